The van der Waals surface area contributed by atoms with Gasteiger partial charge in [-0.2, -0.15) is 0 Å². The number of ether oxygens (including phenoxy) is 4. The molecule has 0 saturated carbocycles. The Hall–Kier alpha value is -2.15. The van der Waals surface area contributed by atoms with Crippen LogP contribution in [-0.2, 0) is 11.3 Å². The summed E-state index contributed by atoms with van der Waals surface area (Å²) in [5.41, 5.74) is 1.02. The third-order valence-electron chi connectivity index (χ3n) is 4.30. The lowest BCUT2D eigenvalue weighted by atomic mass is 10.1. The van der Waals surface area contributed by atoms with E-state index in [2.05, 4.69) is 15.2 Å². The summed E-state index contributed by atoms with van der Waals surface area (Å²) in [5, 5.41) is 3.38. The van der Waals surface area contributed by atoms with Gasteiger partial charge in [-0.05, 0) is 24.1 Å². The Kier molecular flexibility index (Phi) is 7.18. The molecule has 0 spiro atoms. The van der Waals surface area contributed by atoms with E-state index in [-0.39, 0.29) is 0 Å². The molecule has 1 aromatic carbocycles. The number of aliphatic imine (C=N–C) groups is 1. The highest BCUT2D eigenvalue weighted by Crippen LogP contribution is 2.38. The predicted octanol–water partition coefficient (Wildman–Crippen LogP) is 1.76. The van der Waals surface area contributed by atoms with E-state index in [1.165, 1.54) is 0 Å². The summed E-state index contributed by atoms with van der Waals surface area (Å²) < 4.78 is 21.6. The fourth-order valence-corrected chi connectivity index (χ4v) is 3.00. The second-order valence-corrected chi connectivity index (χ2v) is 6.04. The van der Waals surface area contributed by atoms with Gasteiger partial charge in [0.15, 0.2) is 17.5 Å². The predicted molar refractivity (Wildman–Crippen MR) is 97.9 cm³/mol. The summed E-state index contributed by atoms with van der Waals surface area (Å²) in [6, 6.07) is 3.87. The Morgan fingerprint density at radius 1 is 1.24 bits per heavy atom. The van der Waals surface area contributed by atoms with E-state index in [0.717, 1.165) is 37.7 Å². The molecule has 1 fully saturated rings. The molecule has 1 aliphatic heterocycles. The molecule has 0 bridgehead atoms. The molecule has 1 aromatic rings. The quantitative estimate of drug-likeness (QED) is 0.596. The van der Waals surface area contributed by atoms with Gasteiger partial charge in [-0.25, -0.2) is 0 Å². The van der Waals surface area contributed by atoms with Crippen molar-refractivity contribution in [3.8, 4) is 17.2 Å². The van der Waals surface area contributed by atoms with Crippen LogP contribution in [0.3, 0.4) is 0 Å². The van der Waals surface area contributed by atoms with Gasteiger partial charge in [-0.1, -0.05) is 0 Å². The molecule has 1 saturated heterocycles. The molecule has 7 nitrogen and oxygen atoms in total. The van der Waals surface area contributed by atoms with Crippen LogP contribution in [0.5, 0.6) is 17.2 Å². The zero-order chi connectivity index (χ0) is 18.2. The summed E-state index contributed by atoms with van der Waals surface area (Å²) in [6.45, 7) is 3.22. The summed E-state index contributed by atoms with van der Waals surface area (Å²) in [6.07, 6.45) is 1.11. The van der Waals surface area contributed by atoms with Gasteiger partial charge < -0.3 is 29.2 Å². The first-order valence-electron chi connectivity index (χ1n) is 8.41. The van der Waals surface area contributed by atoms with Crippen molar-refractivity contribution < 1.29 is 18.9 Å². The van der Waals surface area contributed by atoms with Crippen molar-refractivity contribution in [2.24, 2.45) is 10.9 Å². The number of rotatable bonds is 7. The van der Waals surface area contributed by atoms with Crippen molar-refractivity contribution in [2.45, 2.75) is 13.0 Å². The first kappa shape index (κ1) is 19.2. The number of methoxy groups -OCH3 is 3. The zero-order valence-electron chi connectivity index (χ0n) is 15.8. The van der Waals surface area contributed by atoms with Crippen molar-refractivity contribution >= 4 is 5.96 Å². The average molecular weight is 351 g/mol. The van der Waals surface area contributed by atoms with Crippen molar-refractivity contribution in [2.75, 3.05) is 55.2 Å². The Morgan fingerprint density at radius 2 is 1.92 bits per heavy atom. The molecule has 1 atom stereocenters. The van der Waals surface area contributed by atoms with E-state index >= 15 is 0 Å². The SMILES string of the molecule is CN=C(NCc1cc(OC)c(OC)c(OC)c1)N(C)CC1CCOC1. The smallest absolute Gasteiger partial charge is 0.203 e. The lowest BCUT2D eigenvalue weighted by molar-refractivity contribution is 0.181. The van der Waals surface area contributed by atoms with Gasteiger partial charge in [-0.15, -0.1) is 0 Å². The number of benzene rings is 1. The molecule has 140 valence electrons. The second kappa shape index (κ2) is 9.36. The molecule has 1 aliphatic rings. The molecule has 0 amide bonds. The van der Waals surface area contributed by atoms with Crippen LogP contribution in [0.2, 0.25) is 0 Å². The minimum Gasteiger partial charge on any atom is -0.493 e. The first-order chi connectivity index (χ1) is 12.1. The molecule has 1 N–H and O–H groups in total. The fraction of sp³-hybridized carbons (Fsp3) is 0.611. The minimum atomic E-state index is 0.560. The fourth-order valence-electron chi connectivity index (χ4n) is 3.00. The van der Waals surface area contributed by atoms with Gasteiger partial charge in [0, 0.05) is 39.7 Å². The Bertz CT molecular complexity index is 561. The molecular formula is C18H29N3O4. The van der Waals surface area contributed by atoms with Crippen molar-refractivity contribution in [3.05, 3.63) is 17.7 Å². The van der Waals surface area contributed by atoms with Gasteiger partial charge in [0.05, 0.1) is 27.9 Å². The van der Waals surface area contributed by atoms with E-state index in [1.54, 1.807) is 28.4 Å². The summed E-state index contributed by atoms with van der Waals surface area (Å²) in [7, 11) is 8.67. The maximum atomic E-state index is 5.45. The number of nitrogens with one attached hydrogen (secondary N) is 1. The van der Waals surface area contributed by atoms with Crippen LogP contribution in [0, 0.1) is 5.92 Å². The molecule has 1 unspecified atom stereocenters. The topological polar surface area (TPSA) is 64.6 Å². The second-order valence-electron chi connectivity index (χ2n) is 6.04. The zero-order valence-corrected chi connectivity index (χ0v) is 15.8. The highest BCUT2D eigenvalue weighted by Gasteiger charge is 2.19. The van der Waals surface area contributed by atoms with Crippen LogP contribution in [0.15, 0.2) is 17.1 Å². The third-order valence-corrected chi connectivity index (χ3v) is 4.30. The van der Waals surface area contributed by atoms with Crippen molar-refractivity contribution in [3.63, 3.8) is 0 Å². The van der Waals surface area contributed by atoms with Crippen LogP contribution in [0.1, 0.15) is 12.0 Å². The lowest BCUT2D eigenvalue weighted by Crippen LogP contribution is -2.41. The van der Waals surface area contributed by atoms with Crippen LogP contribution < -0.4 is 19.5 Å². The van der Waals surface area contributed by atoms with Crippen LogP contribution in [0.4, 0.5) is 0 Å². The molecule has 0 radical (unpaired) electrons. The van der Waals surface area contributed by atoms with Crippen LogP contribution in [0.25, 0.3) is 0 Å². The van der Waals surface area contributed by atoms with Crippen molar-refractivity contribution in [1.82, 2.24) is 10.2 Å². The molecule has 1 heterocycles. The van der Waals surface area contributed by atoms with E-state index in [0.29, 0.717) is 29.7 Å². The van der Waals surface area contributed by atoms with Crippen molar-refractivity contribution in [1.29, 1.82) is 0 Å². The van der Waals surface area contributed by atoms with Gasteiger partial charge in [0.25, 0.3) is 0 Å². The number of guanidine groups is 1. The van der Waals surface area contributed by atoms with Crippen LogP contribution >= 0.6 is 0 Å². The highest BCUT2D eigenvalue weighted by atomic mass is 16.5. The summed E-state index contributed by atoms with van der Waals surface area (Å²) in [4.78, 5) is 6.50. The maximum absolute atomic E-state index is 5.45. The molecule has 0 aliphatic carbocycles. The van der Waals surface area contributed by atoms with Gasteiger partial charge in [0.1, 0.15) is 0 Å². The largest absolute Gasteiger partial charge is 0.493 e. The number of hydrogen-bond donors (Lipinski definition) is 1. The highest BCUT2D eigenvalue weighted by molar-refractivity contribution is 5.79. The average Bonchev–Trinajstić information content (AvgIpc) is 3.14. The lowest BCUT2D eigenvalue weighted by Gasteiger charge is -2.24. The molecular weight excluding hydrogens is 322 g/mol. The monoisotopic (exact) mass is 351 g/mol. The molecule has 7 heteroatoms. The van der Waals surface area contributed by atoms with E-state index in [9.17, 15) is 0 Å². The molecule has 2 rings (SSSR count). The third kappa shape index (κ3) is 4.92. The van der Waals surface area contributed by atoms with Gasteiger partial charge in [-0.3, -0.25) is 4.99 Å². The standard InChI is InChI=1S/C18H29N3O4/c1-19-18(21(2)11-13-6-7-25-12-13)20-10-14-8-15(22-3)17(24-5)16(9-14)23-4/h8-9,13H,6-7,10-12H2,1-5H3,(H,19,20). The normalized spacial score (nSPS) is 17.3. The van der Waals surface area contributed by atoms with Gasteiger partial charge in [0.2, 0.25) is 5.75 Å². The molecule has 0 aromatic heterocycles. The minimum absolute atomic E-state index is 0.560. The number of hydrogen-bond acceptors (Lipinski definition) is 5. The van der Waals surface area contributed by atoms with E-state index in [4.69, 9.17) is 18.9 Å². The Balaban J connectivity index is 2.02. The Morgan fingerprint density at radius 3 is 2.40 bits per heavy atom. The first-order valence-corrected chi connectivity index (χ1v) is 8.41. The van der Waals surface area contributed by atoms with Gasteiger partial charge >= 0.3 is 0 Å². The van der Waals surface area contributed by atoms with E-state index < -0.39 is 0 Å². The Labute approximate surface area is 149 Å². The summed E-state index contributed by atoms with van der Waals surface area (Å²) >= 11 is 0. The maximum Gasteiger partial charge on any atom is 0.203 e. The molecule has 25 heavy (non-hydrogen) atoms. The van der Waals surface area contributed by atoms with E-state index in [1.807, 2.05) is 19.2 Å². The van der Waals surface area contributed by atoms with Crippen LogP contribution in [-0.4, -0.2) is 66.0 Å². The number of nitrogens with zero attached hydrogens (tertiary/aromatic N) is 2. The summed E-state index contributed by atoms with van der Waals surface area (Å²) in [5.74, 6) is 3.29.